The number of rotatable bonds is 11. The fraction of sp³-hybridized carbons (Fsp3) is 0.194. The molecule has 0 aliphatic heterocycles. The van der Waals surface area contributed by atoms with Gasteiger partial charge in [0, 0.05) is 47.6 Å². The zero-order valence-corrected chi connectivity index (χ0v) is 22.9. The van der Waals surface area contributed by atoms with Crippen LogP contribution in [0.5, 0.6) is 28.7 Å². The lowest BCUT2D eigenvalue weighted by molar-refractivity contribution is 0.104. The standard InChI is InChI=1S/C31H32N2O6/c1-33-19-23(22-9-7-8-10-24(22)33)25(34)15-16-32-29-21(13-14-26(35-2)31(29)39-6)12-11-20-17-27(36-3)30(38-5)28(18-20)37-4/h7-19,32H,1-6H3/b12-11?,16-15-. The number of aromatic nitrogens is 1. The van der Waals surface area contributed by atoms with Crippen LogP contribution in [0.2, 0.25) is 0 Å². The second kappa shape index (κ2) is 12.1. The number of carbonyl (C=O) groups is 1. The van der Waals surface area contributed by atoms with Crippen LogP contribution in [0.4, 0.5) is 5.69 Å². The third-order valence-corrected chi connectivity index (χ3v) is 6.35. The maximum atomic E-state index is 13.1. The van der Waals surface area contributed by atoms with Crippen molar-refractivity contribution in [1.29, 1.82) is 0 Å². The molecule has 0 aliphatic rings. The highest BCUT2D eigenvalue weighted by molar-refractivity contribution is 6.13. The fourth-order valence-corrected chi connectivity index (χ4v) is 4.44. The van der Waals surface area contributed by atoms with Crippen molar-refractivity contribution in [3.05, 3.63) is 83.7 Å². The van der Waals surface area contributed by atoms with Gasteiger partial charge in [0.2, 0.25) is 5.75 Å². The van der Waals surface area contributed by atoms with Gasteiger partial charge in [-0.1, -0.05) is 30.4 Å². The zero-order chi connectivity index (χ0) is 27.9. The van der Waals surface area contributed by atoms with E-state index >= 15 is 0 Å². The van der Waals surface area contributed by atoms with Gasteiger partial charge in [0.05, 0.1) is 41.2 Å². The molecule has 0 unspecified atom stereocenters. The Bertz CT molecular complexity index is 1530. The first-order valence-corrected chi connectivity index (χ1v) is 12.2. The number of anilines is 1. The van der Waals surface area contributed by atoms with Crippen LogP contribution in [0.1, 0.15) is 21.5 Å². The minimum absolute atomic E-state index is 0.115. The number of hydrogen-bond acceptors (Lipinski definition) is 7. The number of carbonyl (C=O) groups excluding carboxylic acids is 1. The van der Waals surface area contributed by atoms with Crippen molar-refractivity contribution in [2.45, 2.75) is 0 Å². The Morgan fingerprint density at radius 1 is 0.795 bits per heavy atom. The van der Waals surface area contributed by atoms with Crippen LogP contribution in [0.3, 0.4) is 0 Å². The summed E-state index contributed by atoms with van der Waals surface area (Å²) in [5.74, 6) is 2.57. The van der Waals surface area contributed by atoms with E-state index in [2.05, 4.69) is 5.32 Å². The summed E-state index contributed by atoms with van der Waals surface area (Å²) in [4.78, 5) is 13.1. The number of ether oxygens (including phenoxy) is 5. The summed E-state index contributed by atoms with van der Waals surface area (Å²) in [5.41, 5.74) is 3.92. The van der Waals surface area contributed by atoms with Gasteiger partial charge < -0.3 is 33.6 Å². The quantitative estimate of drug-likeness (QED) is 0.141. The molecule has 202 valence electrons. The molecular weight excluding hydrogens is 496 g/mol. The number of nitrogens with zero attached hydrogens (tertiary/aromatic N) is 1. The van der Waals surface area contributed by atoms with Crippen molar-refractivity contribution >= 4 is 34.5 Å². The Morgan fingerprint density at radius 3 is 2.10 bits per heavy atom. The van der Waals surface area contributed by atoms with Gasteiger partial charge in [0.25, 0.3) is 0 Å². The number of para-hydroxylation sites is 1. The van der Waals surface area contributed by atoms with E-state index in [1.165, 1.54) is 6.08 Å². The molecule has 8 heteroatoms. The summed E-state index contributed by atoms with van der Waals surface area (Å²) in [7, 11) is 9.79. The molecule has 0 atom stereocenters. The molecule has 3 aromatic carbocycles. The first-order valence-electron chi connectivity index (χ1n) is 12.2. The molecule has 0 amide bonds. The first kappa shape index (κ1) is 27.2. The Kier molecular flexibility index (Phi) is 8.46. The topological polar surface area (TPSA) is 80.2 Å². The van der Waals surface area contributed by atoms with Crippen LogP contribution in [0, 0.1) is 0 Å². The van der Waals surface area contributed by atoms with Crippen LogP contribution in [0.25, 0.3) is 23.1 Å². The van der Waals surface area contributed by atoms with Gasteiger partial charge in [-0.3, -0.25) is 4.79 Å². The number of hydrogen-bond donors (Lipinski definition) is 1. The van der Waals surface area contributed by atoms with Gasteiger partial charge in [0.1, 0.15) is 0 Å². The van der Waals surface area contributed by atoms with Crippen LogP contribution < -0.4 is 29.0 Å². The smallest absolute Gasteiger partial charge is 0.203 e. The van der Waals surface area contributed by atoms with Gasteiger partial charge in [-0.2, -0.15) is 0 Å². The molecule has 4 aromatic rings. The van der Waals surface area contributed by atoms with Crippen LogP contribution >= 0.6 is 0 Å². The van der Waals surface area contributed by atoms with Crippen LogP contribution in [-0.2, 0) is 7.05 Å². The summed E-state index contributed by atoms with van der Waals surface area (Å²) in [6.07, 6.45) is 8.80. The fourth-order valence-electron chi connectivity index (χ4n) is 4.44. The molecule has 0 spiro atoms. The molecule has 8 nitrogen and oxygen atoms in total. The predicted molar refractivity (Wildman–Crippen MR) is 155 cm³/mol. The van der Waals surface area contributed by atoms with Crippen LogP contribution in [-0.4, -0.2) is 45.9 Å². The summed E-state index contributed by atoms with van der Waals surface area (Å²) >= 11 is 0. The van der Waals surface area contributed by atoms with Crippen molar-refractivity contribution < 1.29 is 28.5 Å². The van der Waals surface area contributed by atoms with Gasteiger partial charge in [-0.05, 0) is 35.9 Å². The van der Waals surface area contributed by atoms with Gasteiger partial charge in [-0.25, -0.2) is 0 Å². The molecular formula is C31H32N2O6. The number of benzene rings is 3. The van der Waals surface area contributed by atoms with E-state index < -0.39 is 0 Å². The van der Waals surface area contributed by atoms with Crippen molar-refractivity contribution in [3.8, 4) is 28.7 Å². The third kappa shape index (κ3) is 5.55. The van der Waals surface area contributed by atoms with Crippen molar-refractivity contribution in [2.24, 2.45) is 7.05 Å². The molecule has 1 heterocycles. The Balaban J connectivity index is 1.67. The van der Waals surface area contributed by atoms with Crippen molar-refractivity contribution in [2.75, 3.05) is 40.9 Å². The van der Waals surface area contributed by atoms with E-state index in [1.54, 1.807) is 41.7 Å². The summed E-state index contributed by atoms with van der Waals surface area (Å²) in [6, 6.07) is 15.2. The maximum Gasteiger partial charge on any atom is 0.203 e. The first-order chi connectivity index (χ1) is 18.9. The SMILES string of the molecule is COc1cc(C=Cc2ccc(OC)c(OC)c2N/C=C\C(=O)c2cn(C)c3ccccc23)cc(OC)c1OC. The maximum absolute atomic E-state index is 13.1. The average molecular weight is 529 g/mol. The normalized spacial score (nSPS) is 11.2. The Hall–Kier alpha value is -4.85. The van der Waals surface area contributed by atoms with Gasteiger partial charge in [0.15, 0.2) is 28.8 Å². The number of nitrogens with one attached hydrogen (secondary N) is 1. The average Bonchev–Trinajstić information content (AvgIpc) is 3.31. The lowest BCUT2D eigenvalue weighted by atomic mass is 10.1. The van der Waals surface area contributed by atoms with E-state index in [-0.39, 0.29) is 5.78 Å². The predicted octanol–water partition coefficient (Wildman–Crippen LogP) is 6.20. The monoisotopic (exact) mass is 528 g/mol. The molecule has 1 N–H and O–H groups in total. The third-order valence-electron chi connectivity index (χ3n) is 6.35. The molecule has 0 bridgehead atoms. The molecule has 0 aliphatic carbocycles. The lowest BCUT2D eigenvalue weighted by Gasteiger charge is -2.15. The number of aryl methyl sites for hydroxylation is 1. The summed E-state index contributed by atoms with van der Waals surface area (Å²) in [5, 5.41) is 4.13. The lowest BCUT2D eigenvalue weighted by Crippen LogP contribution is -2.00. The molecule has 0 saturated carbocycles. The second-order valence-corrected chi connectivity index (χ2v) is 8.57. The van der Waals surface area contributed by atoms with E-state index in [4.69, 9.17) is 23.7 Å². The van der Waals surface area contributed by atoms with E-state index in [0.717, 1.165) is 22.0 Å². The molecule has 0 saturated heterocycles. The highest BCUT2D eigenvalue weighted by Crippen LogP contribution is 2.41. The number of ketones is 1. The van der Waals surface area contributed by atoms with E-state index in [1.807, 2.05) is 78.5 Å². The Labute approximate surface area is 228 Å². The highest BCUT2D eigenvalue weighted by atomic mass is 16.5. The van der Waals surface area contributed by atoms with Gasteiger partial charge >= 0.3 is 0 Å². The molecule has 1 aromatic heterocycles. The highest BCUT2D eigenvalue weighted by Gasteiger charge is 2.15. The minimum Gasteiger partial charge on any atom is -0.493 e. The zero-order valence-electron chi connectivity index (χ0n) is 22.9. The van der Waals surface area contributed by atoms with Crippen LogP contribution in [0.15, 0.2) is 67.0 Å². The number of allylic oxidation sites excluding steroid dienone is 1. The van der Waals surface area contributed by atoms with Crippen molar-refractivity contribution in [1.82, 2.24) is 4.57 Å². The minimum atomic E-state index is -0.115. The number of methoxy groups -OCH3 is 5. The molecule has 0 radical (unpaired) electrons. The largest absolute Gasteiger partial charge is 0.493 e. The second-order valence-electron chi connectivity index (χ2n) is 8.57. The number of fused-ring (bicyclic) bond motifs is 1. The summed E-state index contributed by atoms with van der Waals surface area (Å²) in [6.45, 7) is 0. The molecule has 0 fully saturated rings. The molecule has 39 heavy (non-hydrogen) atoms. The van der Waals surface area contributed by atoms with Crippen molar-refractivity contribution in [3.63, 3.8) is 0 Å². The Morgan fingerprint density at radius 2 is 1.46 bits per heavy atom. The molecule has 4 rings (SSSR count). The van der Waals surface area contributed by atoms with Gasteiger partial charge in [-0.15, -0.1) is 0 Å². The summed E-state index contributed by atoms with van der Waals surface area (Å²) < 4.78 is 29.5. The van der Waals surface area contributed by atoms with E-state index in [9.17, 15) is 4.79 Å². The van der Waals surface area contributed by atoms with E-state index in [0.29, 0.717) is 40.0 Å².